The Morgan fingerprint density at radius 1 is 1.32 bits per heavy atom. The summed E-state index contributed by atoms with van der Waals surface area (Å²) in [6, 6.07) is 7.86. The van der Waals surface area contributed by atoms with Gasteiger partial charge in [-0.25, -0.2) is 12.7 Å². The average molecular weight is 433 g/mol. The van der Waals surface area contributed by atoms with Gasteiger partial charge < -0.3 is 4.52 Å². The predicted molar refractivity (Wildman–Crippen MR) is 90.8 cm³/mol. The van der Waals surface area contributed by atoms with Crippen LogP contribution in [0.2, 0.25) is 0 Å². The van der Waals surface area contributed by atoms with Crippen molar-refractivity contribution in [3.63, 3.8) is 0 Å². The van der Waals surface area contributed by atoms with Crippen LogP contribution in [0.25, 0.3) is 11.4 Å². The molecule has 3 rings (SSSR count). The highest BCUT2D eigenvalue weighted by Crippen LogP contribution is 2.28. The summed E-state index contributed by atoms with van der Waals surface area (Å²) < 4.78 is 31.3. The predicted octanol–water partition coefficient (Wildman–Crippen LogP) is 2.48. The van der Waals surface area contributed by atoms with Gasteiger partial charge in [0.15, 0.2) is 0 Å². The van der Waals surface area contributed by atoms with Gasteiger partial charge >= 0.3 is 0 Å². The Bertz CT molecular complexity index is 758. The van der Waals surface area contributed by atoms with Gasteiger partial charge in [0.2, 0.25) is 21.7 Å². The summed E-state index contributed by atoms with van der Waals surface area (Å²) in [6.07, 6.45) is 2.90. The quantitative estimate of drug-likeness (QED) is 0.696. The van der Waals surface area contributed by atoms with Gasteiger partial charge in [-0.15, -0.1) is 0 Å². The van der Waals surface area contributed by atoms with Crippen molar-refractivity contribution in [1.82, 2.24) is 14.4 Å². The SMILES string of the molecule is CS(=O)(=O)N1CCC[C@@H](c2nc(-c3ccc(I)cc3)no2)C1. The fraction of sp³-hybridized carbons (Fsp3) is 0.429. The van der Waals surface area contributed by atoms with E-state index in [1.165, 1.54) is 10.6 Å². The van der Waals surface area contributed by atoms with E-state index in [2.05, 4.69) is 32.7 Å². The minimum atomic E-state index is -3.17. The van der Waals surface area contributed by atoms with E-state index in [-0.39, 0.29) is 5.92 Å². The number of aromatic nitrogens is 2. The van der Waals surface area contributed by atoms with Crippen LogP contribution < -0.4 is 0 Å². The van der Waals surface area contributed by atoms with E-state index in [4.69, 9.17) is 4.52 Å². The highest BCUT2D eigenvalue weighted by molar-refractivity contribution is 14.1. The molecule has 22 heavy (non-hydrogen) atoms. The Labute approximate surface area is 143 Å². The molecule has 118 valence electrons. The van der Waals surface area contributed by atoms with E-state index in [0.717, 1.165) is 22.0 Å². The highest BCUT2D eigenvalue weighted by atomic mass is 127. The molecule has 1 aromatic heterocycles. The van der Waals surface area contributed by atoms with Crippen LogP contribution in [0.1, 0.15) is 24.7 Å². The summed E-state index contributed by atoms with van der Waals surface area (Å²) in [5.41, 5.74) is 0.895. The summed E-state index contributed by atoms with van der Waals surface area (Å²) in [5.74, 6) is 1.03. The number of nitrogens with zero attached hydrogens (tertiary/aromatic N) is 3. The molecule has 1 saturated heterocycles. The molecule has 0 spiro atoms. The molecule has 0 amide bonds. The third-order valence-electron chi connectivity index (χ3n) is 3.75. The van der Waals surface area contributed by atoms with Crippen LogP contribution in [0.3, 0.4) is 0 Å². The van der Waals surface area contributed by atoms with Gasteiger partial charge in [0.05, 0.1) is 12.2 Å². The number of piperidine rings is 1. The molecule has 0 radical (unpaired) electrons. The van der Waals surface area contributed by atoms with Crippen molar-refractivity contribution in [3.05, 3.63) is 33.7 Å². The largest absolute Gasteiger partial charge is 0.339 e. The molecule has 0 unspecified atom stereocenters. The lowest BCUT2D eigenvalue weighted by atomic mass is 10.00. The lowest BCUT2D eigenvalue weighted by Gasteiger charge is -2.28. The highest BCUT2D eigenvalue weighted by Gasteiger charge is 2.30. The maximum atomic E-state index is 11.7. The maximum Gasteiger partial charge on any atom is 0.231 e. The fourth-order valence-corrected chi connectivity index (χ4v) is 3.83. The summed E-state index contributed by atoms with van der Waals surface area (Å²) >= 11 is 2.24. The Kier molecular flexibility index (Phi) is 4.51. The molecule has 1 aliphatic rings. The number of hydrogen-bond acceptors (Lipinski definition) is 5. The average Bonchev–Trinajstić information content (AvgIpc) is 2.97. The zero-order valence-electron chi connectivity index (χ0n) is 12.1. The van der Waals surface area contributed by atoms with Gasteiger partial charge in [-0.1, -0.05) is 17.3 Å². The van der Waals surface area contributed by atoms with Crippen molar-refractivity contribution in [2.24, 2.45) is 0 Å². The van der Waals surface area contributed by atoms with Gasteiger partial charge in [0.1, 0.15) is 0 Å². The van der Waals surface area contributed by atoms with E-state index in [9.17, 15) is 8.42 Å². The minimum Gasteiger partial charge on any atom is -0.339 e. The first-order chi connectivity index (χ1) is 10.4. The Balaban J connectivity index is 1.80. The number of halogens is 1. The molecule has 1 atom stereocenters. The number of sulfonamides is 1. The molecule has 1 fully saturated rings. The van der Waals surface area contributed by atoms with Crippen LogP contribution in [0, 0.1) is 3.57 Å². The van der Waals surface area contributed by atoms with Crippen LogP contribution in [-0.2, 0) is 10.0 Å². The second-order valence-electron chi connectivity index (χ2n) is 5.42. The molecule has 0 saturated carbocycles. The third kappa shape index (κ3) is 3.49. The van der Waals surface area contributed by atoms with Crippen LogP contribution in [0.15, 0.2) is 28.8 Å². The number of rotatable bonds is 3. The zero-order chi connectivity index (χ0) is 15.7. The van der Waals surface area contributed by atoms with Crippen LogP contribution in [0.4, 0.5) is 0 Å². The second-order valence-corrected chi connectivity index (χ2v) is 8.65. The Morgan fingerprint density at radius 2 is 2.05 bits per heavy atom. The van der Waals surface area contributed by atoms with E-state index in [1.807, 2.05) is 24.3 Å². The standard InChI is InChI=1S/C14H16IN3O3S/c1-22(19,20)18-8-2-3-11(9-18)14-16-13(17-21-14)10-4-6-12(15)7-5-10/h4-7,11H,2-3,8-9H2,1H3/t11-/m1/s1. The van der Waals surface area contributed by atoms with Crippen LogP contribution in [0.5, 0.6) is 0 Å². The molecule has 0 bridgehead atoms. The molecule has 0 aliphatic carbocycles. The topological polar surface area (TPSA) is 76.3 Å². The van der Waals surface area contributed by atoms with Gasteiger partial charge in [-0.05, 0) is 47.6 Å². The van der Waals surface area contributed by atoms with Crippen molar-refractivity contribution in [1.29, 1.82) is 0 Å². The van der Waals surface area contributed by atoms with Crippen molar-refractivity contribution >= 4 is 32.6 Å². The van der Waals surface area contributed by atoms with Crippen molar-refractivity contribution in [2.45, 2.75) is 18.8 Å². The zero-order valence-corrected chi connectivity index (χ0v) is 15.0. The summed E-state index contributed by atoms with van der Waals surface area (Å²) in [4.78, 5) is 4.45. The maximum absolute atomic E-state index is 11.7. The van der Waals surface area contributed by atoms with Gasteiger partial charge in [0, 0.05) is 22.2 Å². The molecule has 8 heteroatoms. The normalized spacial score (nSPS) is 20.2. The molecule has 2 heterocycles. The van der Waals surface area contributed by atoms with Crippen molar-refractivity contribution < 1.29 is 12.9 Å². The van der Waals surface area contributed by atoms with E-state index in [0.29, 0.717) is 24.8 Å². The fourth-order valence-electron chi connectivity index (χ4n) is 2.56. The molecule has 0 N–H and O–H groups in total. The molecular weight excluding hydrogens is 417 g/mol. The monoisotopic (exact) mass is 433 g/mol. The van der Waals surface area contributed by atoms with Crippen LogP contribution >= 0.6 is 22.6 Å². The Hall–Kier alpha value is -1.00. The molecule has 1 aromatic carbocycles. The number of hydrogen-bond donors (Lipinski definition) is 0. The second kappa shape index (κ2) is 6.25. The summed E-state index contributed by atoms with van der Waals surface area (Å²) in [6.45, 7) is 0.973. The van der Waals surface area contributed by atoms with Gasteiger partial charge in [0.25, 0.3) is 0 Å². The molecule has 1 aliphatic heterocycles. The lowest BCUT2D eigenvalue weighted by Crippen LogP contribution is -2.38. The first kappa shape index (κ1) is 15.9. The molecular formula is C14H16IN3O3S. The number of benzene rings is 1. The van der Waals surface area contributed by atoms with Crippen molar-refractivity contribution in [3.8, 4) is 11.4 Å². The van der Waals surface area contributed by atoms with E-state index < -0.39 is 10.0 Å². The van der Waals surface area contributed by atoms with Crippen molar-refractivity contribution in [2.75, 3.05) is 19.3 Å². The summed E-state index contributed by atoms with van der Waals surface area (Å²) in [7, 11) is -3.17. The van der Waals surface area contributed by atoms with Gasteiger partial charge in [-0.2, -0.15) is 4.98 Å². The summed E-state index contributed by atoms with van der Waals surface area (Å²) in [5, 5.41) is 4.02. The minimum absolute atomic E-state index is 0.0337. The van der Waals surface area contributed by atoms with Gasteiger partial charge in [-0.3, -0.25) is 0 Å². The third-order valence-corrected chi connectivity index (χ3v) is 5.74. The smallest absolute Gasteiger partial charge is 0.231 e. The molecule has 2 aromatic rings. The first-order valence-corrected chi connectivity index (χ1v) is 9.91. The van der Waals surface area contributed by atoms with E-state index >= 15 is 0 Å². The molecule has 6 nitrogen and oxygen atoms in total. The van der Waals surface area contributed by atoms with Crippen LogP contribution in [-0.4, -0.2) is 42.2 Å². The van der Waals surface area contributed by atoms with E-state index in [1.54, 1.807) is 0 Å². The first-order valence-electron chi connectivity index (χ1n) is 6.98. The lowest BCUT2D eigenvalue weighted by molar-refractivity contribution is 0.266. The Morgan fingerprint density at radius 3 is 2.73 bits per heavy atom.